The van der Waals surface area contributed by atoms with E-state index in [9.17, 15) is 4.79 Å². The Bertz CT molecular complexity index is 608. The van der Waals surface area contributed by atoms with Crippen LogP contribution in [-0.4, -0.2) is 33.9 Å². The Labute approximate surface area is 117 Å². The van der Waals surface area contributed by atoms with Crippen molar-refractivity contribution < 1.29 is 9.21 Å². The van der Waals surface area contributed by atoms with Gasteiger partial charge in [-0.05, 0) is 24.5 Å². The van der Waals surface area contributed by atoms with Gasteiger partial charge in [0.05, 0.1) is 11.8 Å². The number of aromatic nitrogens is 2. The molecule has 0 aliphatic carbocycles. The van der Waals surface area contributed by atoms with E-state index in [-0.39, 0.29) is 5.91 Å². The minimum Gasteiger partial charge on any atom is -0.472 e. The molecule has 3 heterocycles. The third-order valence-electron chi connectivity index (χ3n) is 3.76. The van der Waals surface area contributed by atoms with Crippen molar-refractivity contribution in [2.75, 3.05) is 13.1 Å². The van der Waals surface area contributed by atoms with Gasteiger partial charge in [0.15, 0.2) is 0 Å². The van der Waals surface area contributed by atoms with E-state index in [2.05, 4.69) is 16.9 Å². The van der Waals surface area contributed by atoms with Crippen LogP contribution in [0.2, 0.25) is 0 Å². The van der Waals surface area contributed by atoms with E-state index in [4.69, 9.17) is 4.42 Å². The monoisotopic (exact) mass is 271 g/mol. The molecule has 1 aliphatic rings. The summed E-state index contributed by atoms with van der Waals surface area (Å²) in [5.41, 5.74) is 4.02. The molecule has 5 heteroatoms. The predicted molar refractivity (Wildman–Crippen MR) is 73.4 cm³/mol. The van der Waals surface area contributed by atoms with Crippen molar-refractivity contribution in [2.24, 2.45) is 0 Å². The van der Waals surface area contributed by atoms with Crippen LogP contribution in [0.15, 0.2) is 29.3 Å². The van der Waals surface area contributed by atoms with E-state index >= 15 is 0 Å². The molecule has 0 spiro atoms. The summed E-state index contributed by atoms with van der Waals surface area (Å²) in [5, 5.41) is 0. The van der Waals surface area contributed by atoms with Crippen molar-refractivity contribution in [3.05, 3.63) is 47.4 Å². The molecule has 2 aromatic rings. The number of rotatable bonds is 2. The molecule has 0 saturated heterocycles. The Balaban J connectivity index is 1.81. The Morgan fingerprint density at radius 2 is 2.20 bits per heavy atom. The average molecular weight is 271 g/mol. The molecule has 2 aromatic heterocycles. The largest absolute Gasteiger partial charge is 0.472 e. The van der Waals surface area contributed by atoms with Crippen LogP contribution in [0.5, 0.6) is 0 Å². The lowest BCUT2D eigenvalue weighted by atomic mass is 10.1. The lowest BCUT2D eigenvalue weighted by Crippen LogP contribution is -2.33. The molecular weight excluding hydrogens is 254 g/mol. The second-order valence-corrected chi connectivity index (χ2v) is 4.90. The van der Waals surface area contributed by atoms with Crippen molar-refractivity contribution in [2.45, 2.75) is 26.2 Å². The van der Waals surface area contributed by atoms with Crippen molar-refractivity contribution in [3.8, 4) is 0 Å². The molecule has 1 aliphatic heterocycles. The van der Waals surface area contributed by atoms with Gasteiger partial charge < -0.3 is 9.32 Å². The highest BCUT2D eigenvalue weighted by molar-refractivity contribution is 5.93. The first-order chi connectivity index (χ1) is 9.79. The van der Waals surface area contributed by atoms with E-state index < -0.39 is 0 Å². The van der Waals surface area contributed by atoms with Crippen molar-refractivity contribution in [1.82, 2.24) is 14.9 Å². The first kappa shape index (κ1) is 12.8. The van der Waals surface area contributed by atoms with Gasteiger partial charge in [-0.25, -0.2) is 9.97 Å². The average Bonchev–Trinajstić information content (AvgIpc) is 2.92. The molecule has 0 atom stereocenters. The molecule has 0 N–H and O–H groups in total. The third kappa shape index (κ3) is 2.31. The van der Waals surface area contributed by atoms with Gasteiger partial charge in [0.25, 0.3) is 5.91 Å². The van der Waals surface area contributed by atoms with Crippen LogP contribution < -0.4 is 0 Å². The first-order valence-electron chi connectivity index (χ1n) is 6.92. The Kier molecular flexibility index (Phi) is 3.50. The summed E-state index contributed by atoms with van der Waals surface area (Å²) in [6, 6.07) is 1.71. The molecule has 5 nitrogen and oxygen atoms in total. The Morgan fingerprint density at radius 3 is 2.95 bits per heavy atom. The maximum Gasteiger partial charge on any atom is 0.257 e. The highest BCUT2D eigenvalue weighted by Gasteiger charge is 2.22. The van der Waals surface area contributed by atoms with Gasteiger partial charge in [0, 0.05) is 30.9 Å². The zero-order valence-corrected chi connectivity index (χ0v) is 11.5. The zero-order valence-electron chi connectivity index (χ0n) is 11.5. The summed E-state index contributed by atoms with van der Waals surface area (Å²) in [5.74, 6) is 0.0255. The van der Waals surface area contributed by atoms with E-state index in [0.717, 1.165) is 30.7 Å². The summed E-state index contributed by atoms with van der Waals surface area (Å²) in [6.07, 6.45) is 7.17. The van der Waals surface area contributed by atoms with Crippen LogP contribution in [-0.2, 0) is 19.3 Å². The number of carbonyl (C=O) groups excluding carboxylic acids is 1. The number of amides is 1. The van der Waals surface area contributed by atoms with Gasteiger partial charge in [-0.1, -0.05) is 6.92 Å². The van der Waals surface area contributed by atoms with E-state index in [1.807, 2.05) is 4.90 Å². The van der Waals surface area contributed by atoms with Gasteiger partial charge in [0.2, 0.25) is 0 Å². The summed E-state index contributed by atoms with van der Waals surface area (Å²) in [7, 11) is 0. The van der Waals surface area contributed by atoms with Crippen molar-refractivity contribution >= 4 is 5.91 Å². The van der Waals surface area contributed by atoms with Gasteiger partial charge in [0.1, 0.15) is 12.6 Å². The summed E-state index contributed by atoms with van der Waals surface area (Å²) >= 11 is 0. The highest BCUT2D eigenvalue weighted by Crippen LogP contribution is 2.18. The second-order valence-electron chi connectivity index (χ2n) is 4.90. The fraction of sp³-hybridized carbons (Fsp3) is 0.400. The van der Waals surface area contributed by atoms with Crippen LogP contribution in [0.1, 0.15) is 34.2 Å². The van der Waals surface area contributed by atoms with Gasteiger partial charge in [-0.2, -0.15) is 0 Å². The molecule has 0 saturated carbocycles. The maximum atomic E-state index is 12.3. The SMILES string of the molecule is CCc1ncnc2c1CCN(C(=O)c1ccoc1)CC2. The van der Waals surface area contributed by atoms with E-state index in [1.165, 1.54) is 18.1 Å². The number of nitrogens with zero attached hydrogens (tertiary/aromatic N) is 3. The molecule has 0 bridgehead atoms. The minimum absolute atomic E-state index is 0.0255. The molecule has 0 aromatic carbocycles. The molecule has 1 amide bonds. The number of fused-ring (bicyclic) bond motifs is 1. The van der Waals surface area contributed by atoms with E-state index in [0.29, 0.717) is 18.7 Å². The lowest BCUT2D eigenvalue weighted by Gasteiger charge is -2.19. The highest BCUT2D eigenvalue weighted by atomic mass is 16.3. The molecule has 0 radical (unpaired) electrons. The standard InChI is InChI=1S/C15H17N3O2/c1-2-13-12-3-6-18(7-4-14(12)17-10-16-13)15(19)11-5-8-20-9-11/h5,8-10H,2-4,6-7H2,1H3. The summed E-state index contributed by atoms with van der Waals surface area (Å²) in [6.45, 7) is 3.50. The summed E-state index contributed by atoms with van der Waals surface area (Å²) in [4.78, 5) is 22.9. The Morgan fingerprint density at radius 1 is 1.35 bits per heavy atom. The fourth-order valence-corrected chi connectivity index (χ4v) is 2.67. The first-order valence-corrected chi connectivity index (χ1v) is 6.92. The molecule has 0 unspecified atom stereocenters. The van der Waals surface area contributed by atoms with Crippen LogP contribution in [0.25, 0.3) is 0 Å². The second kappa shape index (κ2) is 5.45. The van der Waals surface area contributed by atoms with Gasteiger partial charge in [-0.3, -0.25) is 4.79 Å². The fourth-order valence-electron chi connectivity index (χ4n) is 2.67. The minimum atomic E-state index is 0.0255. The number of carbonyl (C=O) groups is 1. The van der Waals surface area contributed by atoms with Crippen LogP contribution in [0.3, 0.4) is 0 Å². The smallest absolute Gasteiger partial charge is 0.257 e. The normalized spacial score (nSPS) is 14.8. The molecule has 0 fully saturated rings. The van der Waals surface area contributed by atoms with Gasteiger partial charge >= 0.3 is 0 Å². The number of hydrogen-bond donors (Lipinski definition) is 0. The molecule has 104 valence electrons. The van der Waals surface area contributed by atoms with Gasteiger partial charge in [-0.15, -0.1) is 0 Å². The van der Waals surface area contributed by atoms with Crippen molar-refractivity contribution in [1.29, 1.82) is 0 Å². The summed E-state index contributed by atoms with van der Waals surface area (Å²) < 4.78 is 4.99. The number of furan rings is 1. The third-order valence-corrected chi connectivity index (χ3v) is 3.76. The molecule has 20 heavy (non-hydrogen) atoms. The molecule has 3 rings (SSSR count). The lowest BCUT2D eigenvalue weighted by molar-refractivity contribution is 0.0762. The number of aryl methyl sites for hydroxylation is 1. The quantitative estimate of drug-likeness (QED) is 0.836. The van der Waals surface area contributed by atoms with E-state index in [1.54, 1.807) is 12.4 Å². The number of hydrogen-bond acceptors (Lipinski definition) is 4. The Hall–Kier alpha value is -2.17. The predicted octanol–water partition coefficient (Wildman–Crippen LogP) is 1.87. The van der Waals surface area contributed by atoms with Crippen LogP contribution in [0.4, 0.5) is 0 Å². The topological polar surface area (TPSA) is 59.2 Å². The maximum absolute atomic E-state index is 12.3. The zero-order chi connectivity index (χ0) is 13.9. The van der Waals surface area contributed by atoms with Crippen LogP contribution in [0, 0.1) is 0 Å². The van der Waals surface area contributed by atoms with Crippen molar-refractivity contribution in [3.63, 3.8) is 0 Å². The molecular formula is C15H17N3O2. The van der Waals surface area contributed by atoms with Crippen LogP contribution >= 0.6 is 0 Å².